The van der Waals surface area contributed by atoms with Crippen molar-refractivity contribution in [2.75, 3.05) is 0 Å². The van der Waals surface area contributed by atoms with Crippen LogP contribution < -0.4 is 4.68 Å². The minimum absolute atomic E-state index is 0.0329. The van der Waals surface area contributed by atoms with E-state index >= 15 is 0 Å². The van der Waals surface area contributed by atoms with Crippen molar-refractivity contribution in [3.05, 3.63) is 46.3 Å². The van der Waals surface area contributed by atoms with E-state index in [1.54, 1.807) is 0 Å². The van der Waals surface area contributed by atoms with Gasteiger partial charge < -0.3 is 0 Å². The number of hydrogen-bond acceptors (Lipinski definition) is 0. The van der Waals surface area contributed by atoms with Crippen LogP contribution in [0.1, 0.15) is 69.6 Å². The standard InChI is InChI=1S/C21H33N2/c1-14-11-15(2)19(20(5,6)7)18(12-14)22-16(3)13-17(4)23(22)21(8,9)10/h11-13H,1-10H3/q+1. The highest BCUT2D eigenvalue weighted by atomic mass is 15.4. The normalized spacial score (nSPS) is 12.8. The summed E-state index contributed by atoms with van der Waals surface area (Å²) in [5.74, 6) is 0. The Morgan fingerprint density at radius 3 is 1.87 bits per heavy atom. The van der Waals surface area contributed by atoms with Gasteiger partial charge in [-0.1, -0.05) is 26.8 Å². The van der Waals surface area contributed by atoms with Gasteiger partial charge in [-0.25, -0.2) is 0 Å². The third-order valence-electron chi connectivity index (χ3n) is 4.36. The Hall–Kier alpha value is -1.57. The highest BCUT2D eigenvalue weighted by Gasteiger charge is 2.34. The predicted molar refractivity (Wildman–Crippen MR) is 98.6 cm³/mol. The van der Waals surface area contributed by atoms with Crippen LogP contribution in [0.4, 0.5) is 0 Å². The Labute approximate surface area is 142 Å². The topological polar surface area (TPSA) is 8.81 Å². The molecular weight excluding hydrogens is 280 g/mol. The molecule has 0 spiro atoms. The molecule has 0 unspecified atom stereocenters. The van der Waals surface area contributed by atoms with Gasteiger partial charge in [0.2, 0.25) is 5.69 Å². The average Bonchev–Trinajstić information content (AvgIpc) is 2.60. The summed E-state index contributed by atoms with van der Waals surface area (Å²) in [5, 5.41) is 0. The molecule has 2 nitrogen and oxygen atoms in total. The fraction of sp³-hybridized carbons (Fsp3) is 0.571. The summed E-state index contributed by atoms with van der Waals surface area (Å²) in [7, 11) is 0. The molecule has 0 saturated carbocycles. The van der Waals surface area contributed by atoms with Crippen molar-refractivity contribution in [1.82, 2.24) is 4.68 Å². The van der Waals surface area contributed by atoms with Crippen molar-refractivity contribution >= 4 is 0 Å². The fourth-order valence-corrected chi connectivity index (χ4v) is 3.95. The lowest BCUT2D eigenvalue weighted by Gasteiger charge is -2.27. The van der Waals surface area contributed by atoms with E-state index in [0.29, 0.717) is 0 Å². The first kappa shape index (κ1) is 17.8. The number of aryl methyl sites for hydroxylation is 4. The zero-order chi connectivity index (χ0) is 17.7. The average molecular weight is 314 g/mol. The smallest absolute Gasteiger partial charge is 0.125 e. The molecule has 2 aromatic rings. The van der Waals surface area contributed by atoms with E-state index in [2.05, 4.69) is 96.8 Å². The third-order valence-corrected chi connectivity index (χ3v) is 4.36. The van der Waals surface area contributed by atoms with Crippen molar-refractivity contribution in [2.24, 2.45) is 0 Å². The van der Waals surface area contributed by atoms with E-state index in [-0.39, 0.29) is 11.0 Å². The quantitative estimate of drug-likeness (QED) is 0.651. The van der Waals surface area contributed by atoms with Crippen LogP contribution in [-0.2, 0) is 11.0 Å². The molecule has 126 valence electrons. The molecule has 2 rings (SSSR count). The molecule has 1 aromatic heterocycles. The first-order valence-electron chi connectivity index (χ1n) is 8.58. The molecule has 1 aromatic carbocycles. The van der Waals surface area contributed by atoms with Gasteiger partial charge >= 0.3 is 0 Å². The summed E-state index contributed by atoms with van der Waals surface area (Å²) in [4.78, 5) is 0. The maximum atomic E-state index is 2.42. The molecule has 0 aliphatic rings. The van der Waals surface area contributed by atoms with Gasteiger partial charge in [-0.05, 0) is 48.9 Å². The molecule has 1 heterocycles. The molecule has 0 amide bonds. The van der Waals surface area contributed by atoms with Crippen molar-refractivity contribution in [2.45, 2.75) is 80.2 Å². The SMILES string of the molecule is Cc1cc(C)c(C(C)(C)C)c(-n2c(C)cc(C)[n+]2C(C)(C)C)c1. The van der Waals surface area contributed by atoms with E-state index in [0.717, 1.165) is 0 Å². The van der Waals surface area contributed by atoms with E-state index in [4.69, 9.17) is 0 Å². The predicted octanol–water partition coefficient (Wildman–Crippen LogP) is 5.05. The van der Waals surface area contributed by atoms with E-state index in [9.17, 15) is 0 Å². The molecule has 0 bridgehead atoms. The Bertz CT molecular complexity index is 735. The molecule has 0 aliphatic heterocycles. The number of hydrogen-bond donors (Lipinski definition) is 0. The van der Waals surface area contributed by atoms with Crippen LogP contribution in [0, 0.1) is 27.7 Å². The first-order chi connectivity index (χ1) is 10.3. The first-order valence-corrected chi connectivity index (χ1v) is 8.58. The lowest BCUT2D eigenvalue weighted by molar-refractivity contribution is -0.822. The van der Waals surface area contributed by atoms with E-state index in [1.807, 2.05) is 0 Å². The Morgan fingerprint density at radius 2 is 1.39 bits per heavy atom. The van der Waals surface area contributed by atoms with Crippen LogP contribution >= 0.6 is 0 Å². The van der Waals surface area contributed by atoms with Crippen molar-refractivity contribution < 1.29 is 4.68 Å². The zero-order valence-electron chi connectivity index (χ0n) is 16.6. The zero-order valence-corrected chi connectivity index (χ0v) is 16.6. The van der Waals surface area contributed by atoms with Gasteiger partial charge in [0.05, 0.1) is 5.69 Å². The van der Waals surface area contributed by atoms with Gasteiger partial charge in [0.1, 0.15) is 5.69 Å². The molecule has 23 heavy (non-hydrogen) atoms. The number of rotatable bonds is 1. The van der Waals surface area contributed by atoms with Gasteiger partial charge in [0.15, 0.2) is 5.54 Å². The van der Waals surface area contributed by atoms with Crippen molar-refractivity contribution in [1.29, 1.82) is 0 Å². The molecule has 2 heteroatoms. The fourth-order valence-electron chi connectivity index (χ4n) is 3.95. The summed E-state index contributed by atoms with van der Waals surface area (Å²) in [5.41, 5.74) is 8.16. The molecule has 0 saturated heterocycles. The van der Waals surface area contributed by atoms with Crippen LogP contribution in [0.15, 0.2) is 18.2 Å². The molecule has 0 aliphatic carbocycles. The van der Waals surface area contributed by atoms with E-state index in [1.165, 1.54) is 33.8 Å². The van der Waals surface area contributed by atoms with Crippen LogP contribution in [0.5, 0.6) is 0 Å². The minimum atomic E-state index is 0.0329. The van der Waals surface area contributed by atoms with Gasteiger partial charge in [-0.15, -0.1) is 9.36 Å². The lowest BCUT2D eigenvalue weighted by Crippen LogP contribution is -2.58. The summed E-state index contributed by atoms with van der Waals surface area (Å²) in [6, 6.07) is 6.93. The Morgan fingerprint density at radius 1 is 0.826 bits per heavy atom. The number of nitrogens with zero attached hydrogens (tertiary/aromatic N) is 2. The van der Waals surface area contributed by atoms with Gasteiger partial charge in [-0.3, -0.25) is 0 Å². The second-order valence-corrected chi connectivity index (χ2v) is 8.95. The van der Waals surface area contributed by atoms with Crippen LogP contribution in [0.2, 0.25) is 0 Å². The largest absolute Gasteiger partial charge is 0.206 e. The molecule has 0 fully saturated rings. The summed E-state index contributed by atoms with van der Waals surface area (Å²) < 4.78 is 4.84. The Kier molecular flexibility index (Phi) is 4.26. The Balaban J connectivity index is 2.94. The highest BCUT2D eigenvalue weighted by Crippen LogP contribution is 2.33. The second-order valence-electron chi connectivity index (χ2n) is 8.95. The number of benzene rings is 1. The molecular formula is C21H33N2+. The number of aromatic nitrogens is 2. The second kappa shape index (κ2) is 5.51. The lowest BCUT2D eigenvalue weighted by atomic mass is 9.82. The minimum Gasteiger partial charge on any atom is -0.125 e. The monoisotopic (exact) mass is 313 g/mol. The maximum Gasteiger partial charge on any atom is 0.206 e. The molecule has 0 atom stereocenters. The summed E-state index contributed by atoms with van der Waals surface area (Å²) in [6.45, 7) is 22.6. The molecule has 0 N–H and O–H groups in total. The van der Waals surface area contributed by atoms with Gasteiger partial charge in [0, 0.05) is 33.8 Å². The maximum absolute atomic E-state index is 2.42. The summed E-state index contributed by atoms with van der Waals surface area (Å²) in [6.07, 6.45) is 0. The van der Waals surface area contributed by atoms with Gasteiger partial charge in [0.25, 0.3) is 0 Å². The summed E-state index contributed by atoms with van der Waals surface area (Å²) >= 11 is 0. The molecule has 0 radical (unpaired) electrons. The highest BCUT2D eigenvalue weighted by molar-refractivity contribution is 5.51. The van der Waals surface area contributed by atoms with Crippen LogP contribution in [-0.4, -0.2) is 4.68 Å². The van der Waals surface area contributed by atoms with Crippen molar-refractivity contribution in [3.8, 4) is 5.69 Å². The van der Waals surface area contributed by atoms with Crippen LogP contribution in [0.25, 0.3) is 5.69 Å². The van der Waals surface area contributed by atoms with Gasteiger partial charge in [-0.2, -0.15) is 0 Å². The third kappa shape index (κ3) is 3.22. The van der Waals surface area contributed by atoms with E-state index < -0.39 is 0 Å². The van der Waals surface area contributed by atoms with Crippen molar-refractivity contribution in [3.63, 3.8) is 0 Å². The van der Waals surface area contributed by atoms with Crippen LogP contribution in [0.3, 0.4) is 0 Å².